The van der Waals surface area contributed by atoms with Crippen LogP contribution in [0.5, 0.6) is 5.75 Å². The third-order valence-electron chi connectivity index (χ3n) is 5.26. The first-order valence-electron chi connectivity index (χ1n) is 10.0. The molecule has 1 saturated heterocycles. The Morgan fingerprint density at radius 1 is 1.04 bits per heavy atom. The minimum atomic E-state index is 0.239. The molecular formula is C23H32N2O2. The number of hydrogen-bond acceptors (Lipinski definition) is 4. The second kappa shape index (κ2) is 9.88. The number of benzene rings is 2. The predicted octanol–water partition coefficient (Wildman–Crippen LogP) is 3.46. The molecule has 0 aliphatic carbocycles. The number of hydrogen-bond donors (Lipinski definition) is 1. The number of nitrogens with zero attached hydrogens (tertiary/aromatic N) is 2. The van der Waals surface area contributed by atoms with Crippen LogP contribution in [0, 0.1) is 6.92 Å². The van der Waals surface area contributed by atoms with Crippen molar-refractivity contribution >= 4 is 0 Å². The number of aryl methyl sites for hydroxylation is 1. The number of aliphatic hydroxyl groups excluding tert-OH is 1. The van der Waals surface area contributed by atoms with Gasteiger partial charge in [0.1, 0.15) is 5.75 Å². The summed E-state index contributed by atoms with van der Waals surface area (Å²) in [7, 11) is 0. The first-order chi connectivity index (χ1) is 13.2. The van der Waals surface area contributed by atoms with Crippen molar-refractivity contribution in [3.63, 3.8) is 0 Å². The fourth-order valence-corrected chi connectivity index (χ4v) is 3.89. The van der Waals surface area contributed by atoms with Crippen LogP contribution >= 0.6 is 0 Å². The van der Waals surface area contributed by atoms with Crippen molar-refractivity contribution < 1.29 is 9.84 Å². The van der Waals surface area contributed by atoms with Crippen LogP contribution in [0.1, 0.15) is 30.0 Å². The summed E-state index contributed by atoms with van der Waals surface area (Å²) >= 11 is 0. The molecule has 2 aromatic carbocycles. The van der Waals surface area contributed by atoms with Crippen LogP contribution in [0.25, 0.3) is 0 Å². The highest BCUT2D eigenvalue weighted by Gasteiger charge is 2.26. The SMILES string of the molecule is CCOc1ccc(CN2CCN(Cc3cccc(C)c3)C[C@@H]2CCO)cc1. The molecule has 1 aliphatic rings. The van der Waals surface area contributed by atoms with E-state index in [4.69, 9.17) is 4.74 Å². The lowest BCUT2D eigenvalue weighted by Gasteiger charge is -2.41. The third kappa shape index (κ3) is 5.80. The van der Waals surface area contributed by atoms with Gasteiger partial charge in [-0.05, 0) is 43.5 Å². The summed E-state index contributed by atoms with van der Waals surface area (Å²) in [5.41, 5.74) is 3.99. The molecule has 27 heavy (non-hydrogen) atoms. The molecule has 0 saturated carbocycles. The van der Waals surface area contributed by atoms with Gasteiger partial charge in [0, 0.05) is 45.4 Å². The van der Waals surface area contributed by atoms with Crippen LogP contribution in [-0.2, 0) is 13.1 Å². The second-order valence-corrected chi connectivity index (χ2v) is 7.44. The largest absolute Gasteiger partial charge is 0.494 e. The Kier molecular flexibility index (Phi) is 7.27. The first kappa shape index (κ1) is 19.9. The van der Waals surface area contributed by atoms with Gasteiger partial charge >= 0.3 is 0 Å². The summed E-state index contributed by atoms with van der Waals surface area (Å²) in [6.45, 7) is 10.1. The van der Waals surface area contributed by atoms with Crippen LogP contribution in [-0.4, -0.2) is 53.8 Å². The molecule has 1 atom stereocenters. The van der Waals surface area contributed by atoms with Crippen LogP contribution in [0.2, 0.25) is 0 Å². The molecule has 4 nitrogen and oxygen atoms in total. The highest BCUT2D eigenvalue weighted by atomic mass is 16.5. The molecule has 1 aliphatic heterocycles. The van der Waals surface area contributed by atoms with Crippen molar-refractivity contribution in [1.29, 1.82) is 0 Å². The molecule has 3 rings (SSSR count). The molecular weight excluding hydrogens is 336 g/mol. The van der Waals surface area contributed by atoms with Gasteiger partial charge in [0.2, 0.25) is 0 Å². The summed E-state index contributed by atoms with van der Waals surface area (Å²) in [6, 6.07) is 17.6. The van der Waals surface area contributed by atoms with E-state index in [1.807, 2.05) is 19.1 Å². The molecule has 0 radical (unpaired) electrons. The predicted molar refractivity (Wildman–Crippen MR) is 110 cm³/mol. The van der Waals surface area contributed by atoms with E-state index in [0.717, 1.165) is 44.9 Å². The number of ether oxygens (including phenoxy) is 1. The zero-order chi connectivity index (χ0) is 19.1. The molecule has 0 bridgehead atoms. The fourth-order valence-electron chi connectivity index (χ4n) is 3.89. The van der Waals surface area contributed by atoms with Crippen LogP contribution in [0.4, 0.5) is 0 Å². The highest BCUT2D eigenvalue weighted by molar-refractivity contribution is 5.27. The van der Waals surface area contributed by atoms with Gasteiger partial charge in [0.15, 0.2) is 0 Å². The van der Waals surface area contributed by atoms with E-state index in [0.29, 0.717) is 12.6 Å². The summed E-state index contributed by atoms with van der Waals surface area (Å²) in [6.07, 6.45) is 0.821. The van der Waals surface area contributed by atoms with Gasteiger partial charge in [-0.3, -0.25) is 9.80 Å². The molecule has 4 heteroatoms. The Morgan fingerprint density at radius 3 is 2.56 bits per heavy atom. The topological polar surface area (TPSA) is 35.9 Å². The lowest BCUT2D eigenvalue weighted by atomic mass is 10.1. The molecule has 0 amide bonds. The molecule has 0 aromatic heterocycles. The van der Waals surface area contributed by atoms with E-state index in [9.17, 15) is 5.11 Å². The minimum absolute atomic E-state index is 0.239. The smallest absolute Gasteiger partial charge is 0.119 e. The van der Waals surface area contributed by atoms with Crippen molar-refractivity contribution in [3.05, 3.63) is 65.2 Å². The maximum atomic E-state index is 9.55. The number of piperazine rings is 1. The minimum Gasteiger partial charge on any atom is -0.494 e. The summed E-state index contributed by atoms with van der Waals surface area (Å²) in [5.74, 6) is 0.927. The van der Waals surface area contributed by atoms with Crippen molar-refractivity contribution in [1.82, 2.24) is 9.80 Å². The quantitative estimate of drug-likeness (QED) is 0.774. The zero-order valence-electron chi connectivity index (χ0n) is 16.6. The Bertz CT molecular complexity index is 702. The normalized spacial score (nSPS) is 18.6. The van der Waals surface area contributed by atoms with Gasteiger partial charge in [-0.15, -0.1) is 0 Å². The Balaban J connectivity index is 1.60. The third-order valence-corrected chi connectivity index (χ3v) is 5.26. The van der Waals surface area contributed by atoms with Gasteiger partial charge in [-0.1, -0.05) is 42.0 Å². The highest BCUT2D eigenvalue weighted by Crippen LogP contribution is 2.20. The summed E-state index contributed by atoms with van der Waals surface area (Å²) < 4.78 is 5.54. The van der Waals surface area contributed by atoms with Crippen LogP contribution in [0.3, 0.4) is 0 Å². The lowest BCUT2D eigenvalue weighted by molar-refractivity contribution is 0.0499. The Labute approximate surface area is 163 Å². The van der Waals surface area contributed by atoms with Crippen molar-refractivity contribution in [2.75, 3.05) is 32.8 Å². The molecule has 2 aromatic rings. The maximum absolute atomic E-state index is 9.55. The lowest BCUT2D eigenvalue weighted by Crippen LogP contribution is -2.52. The fraction of sp³-hybridized carbons (Fsp3) is 0.478. The summed E-state index contributed by atoms with van der Waals surface area (Å²) in [4.78, 5) is 5.03. The van der Waals surface area contributed by atoms with Gasteiger partial charge < -0.3 is 9.84 Å². The van der Waals surface area contributed by atoms with Crippen molar-refractivity contribution in [2.24, 2.45) is 0 Å². The van der Waals surface area contributed by atoms with E-state index >= 15 is 0 Å². The van der Waals surface area contributed by atoms with E-state index in [1.165, 1.54) is 16.7 Å². The Morgan fingerprint density at radius 2 is 1.85 bits per heavy atom. The molecule has 146 valence electrons. The molecule has 1 N–H and O–H groups in total. The van der Waals surface area contributed by atoms with Gasteiger partial charge in [-0.2, -0.15) is 0 Å². The van der Waals surface area contributed by atoms with Gasteiger partial charge in [-0.25, -0.2) is 0 Å². The van der Waals surface area contributed by atoms with E-state index in [2.05, 4.69) is 53.1 Å². The zero-order valence-corrected chi connectivity index (χ0v) is 16.6. The average Bonchev–Trinajstić information content (AvgIpc) is 2.66. The average molecular weight is 369 g/mol. The monoisotopic (exact) mass is 368 g/mol. The Hall–Kier alpha value is -1.88. The van der Waals surface area contributed by atoms with E-state index in [1.54, 1.807) is 0 Å². The molecule has 0 unspecified atom stereocenters. The first-order valence-corrected chi connectivity index (χ1v) is 10.0. The number of aliphatic hydroxyl groups is 1. The maximum Gasteiger partial charge on any atom is 0.119 e. The van der Waals surface area contributed by atoms with Crippen molar-refractivity contribution in [3.8, 4) is 5.75 Å². The molecule has 1 fully saturated rings. The number of rotatable bonds is 8. The van der Waals surface area contributed by atoms with E-state index in [-0.39, 0.29) is 6.61 Å². The van der Waals surface area contributed by atoms with Crippen LogP contribution in [0.15, 0.2) is 48.5 Å². The summed E-state index contributed by atoms with van der Waals surface area (Å²) in [5, 5.41) is 9.55. The van der Waals surface area contributed by atoms with Gasteiger partial charge in [0.25, 0.3) is 0 Å². The molecule has 1 heterocycles. The van der Waals surface area contributed by atoms with E-state index < -0.39 is 0 Å². The van der Waals surface area contributed by atoms with Crippen molar-refractivity contribution in [2.45, 2.75) is 39.4 Å². The molecule has 0 spiro atoms. The standard InChI is InChI=1S/C23H32N2O2/c1-3-27-23-9-7-20(8-10-23)17-25-13-12-24(18-22(25)11-14-26)16-21-6-4-5-19(2)15-21/h4-10,15,22,26H,3,11-14,16-18H2,1-2H3/t22-/m0/s1. The van der Waals surface area contributed by atoms with Crippen LogP contribution < -0.4 is 4.74 Å². The second-order valence-electron chi connectivity index (χ2n) is 7.44. The van der Waals surface area contributed by atoms with Gasteiger partial charge in [0.05, 0.1) is 6.61 Å².